The predicted octanol–water partition coefficient (Wildman–Crippen LogP) is 2.20. The van der Waals surface area contributed by atoms with Crippen LogP contribution in [0.3, 0.4) is 0 Å². The number of halogens is 1. The molecular weight excluding hydrogens is 207 g/mol. The van der Waals surface area contributed by atoms with Crippen LogP contribution in [0.15, 0.2) is 24.3 Å². The van der Waals surface area contributed by atoms with Gasteiger partial charge in [-0.1, -0.05) is 6.07 Å². The van der Waals surface area contributed by atoms with Crippen LogP contribution in [0.25, 0.3) is 0 Å². The highest BCUT2D eigenvalue weighted by molar-refractivity contribution is 5.94. The summed E-state index contributed by atoms with van der Waals surface area (Å²) in [4.78, 5) is 13.3. The van der Waals surface area contributed by atoms with Crippen LogP contribution in [0.5, 0.6) is 0 Å². The third-order valence-electron chi connectivity index (χ3n) is 2.20. The van der Waals surface area contributed by atoms with E-state index in [1.54, 1.807) is 0 Å². The molecule has 1 rings (SSSR count). The summed E-state index contributed by atoms with van der Waals surface area (Å²) in [5.41, 5.74) is 0.268. The van der Waals surface area contributed by atoms with E-state index in [9.17, 15) is 9.18 Å². The summed E-state index contributed by atoms with van der Waals surface area (Å²) in [5.74, 6) is -0.775. The van der Waals surface area contributed by atoms with Crippen molar-refractivity contribution in [2.75, 3.05) is 6.54 Å². The zero-order chi connectivity index (χ0) is 12.1. The number of benzene rings is 1. The van der Waals surface area contributed by atoms with Crippen molar-refractivity contribution in [3.8, 4) is 6.07 Å². The lowest BCUT2D eigenvalue weighted by Gasteiger charge is -2.23. The first kappa shape index (κ1) is 12.2. The van der Waals surface area contributed by atoms with E-state index in [1.807, 2.05) is 19.9 Å². The van der Waals surface area contributed by atoms with E-state index in [-0.39, 0.29) is 24.1 Å². The summed E-state index contributed by atoms with van der Waals surface area (Å²) in [6, 6.07) is 7.31. The second-order valence-electron chi connectivity index (χ2n) is 3.70. The Bertz CT molecular complexity index is 423. The van der Waals surface area contributed by atoms with Crippen LogP contribution in [0.4, 0.5) is 4.39 Å². The highest BCUT2D eigenvalue weighted by Crippen LogP contribution is 2.09. The van der Waals surface area contributed by atoms with Crippen LogP contribution in [0.1, 0.15) is 24.2 Å². The molecule has 0 aromatic heterocycles. The molecular formula is C12H13FN2O. The largest absolute Gasteiger partial charge is 0.323 e. The average molecular weight is 220 g/mol. The summed E-state index contributed by atoms with van der Waals surface area (Å²) in [7, 11) is 0. The summed E-state index contributed by atoms with van der Waals surface area (Å²) < 4.78 is 12.9. The number of nitrogens with zero attached hydrogens (tertiary/aromatic N) is 2. The molecule has 0 saturated carbocycles. The van der Waals surface area contributed by atoms with Crippen molar-refractivity contribution < 1.29 is 9.18 Å². The van der Waals surface area contributed by atoms with E-state index in [2.05, 4.69) is 0 Å². The Morgan fingerprint density at radius 2 is 2.25 bits per heavy atom. The molecule has 0 aliphatic rings. The van der Waals surface area contributed by atoms with Gasteiger partial charge in [0.2, 0.25) is 0 Å². The van der Waals surface area contributed by atoms with Crippen molar-refractivity contribution in [2.45, 2.75) is 19.9 Å². The molecule has 1 aromatic rings. The lowest BCUT2D eigenvalue weighted by Crippen LogP contribution is -2.37. The number of carbonyl (C=O) groups excluding carboxylic acids is 1. The first-order valence-electron chi connectivity index (χ1n) is 4.99. The fourth-order valence-corrected chi connectivity index (χ4v) is 1.35. The Morgan fingerprint density at radius 1 is 1.56 bits per heavy atom. The maximum absolute atomic E-state index is 12.9. The molecule has 16 heavy (non-hydrogen) atoms. The van der Waals surface area contributed by atoms with Gasteiger partial charge in [0.05, 0.1) is 6.07 Å². The van der Waals surface area contributed by atoms with Crippen LogP contribution in [-0.4, -0.2) is 23.4 Å². The van der Waals surface area contributed by atoms with Crippen molar-refractivity contribution in [2.24, 2.45) is 0 Å². The Labute approximate surface area is 94.1 Å². The Hall–Kier alpha value is -1.89. The monoisotopic (exact) mass is 220 g/mol. The Balaban J connectivity index is 2.95. The van der Waals surface area contributed by atoms with Gasteiger partial charge in [-0.05, 0) is 32.0 Å². The summed E-state index contributed by atoms with van der Waals surface area (Å²) in [5, 5.41) is 8.62. The summed E-state index contributed by atoms with van der Waals surface area (Å²) >= 11 is 0. The van der Waals surface area contributed by atoms with E-state index in [4.69, 9.17) is 5.26 Å². The molecule has 0 bridgehead atoms. The number of nitriles is 1. The molecule has 1 amide bonds. The quantitative estimate of drug-likeness (QED) is 0.733. The van der Waals surface area contributed by atoms with E-state index >= 15 is 0 Å². The summed E-state index contributed by atoms with van der Waals surface area (Å²) in [6.07, 6.45) is 0. The van der Waals surface area contributed by atoms with Gasteiger partial charge in [0.15, 0.2) is 0 Å². The first-order valence-corrected chi connectivity index (χ1v) is 4.99. The highest BCUT2D eigenvalue weighted by Gasteiger charge is 2.18. The molecule has 0 fully saturated rings. The fourth-order valence-electron chi connectivity index (χ4n) is 1.35. The average Bonchev–Trinajstić information content (AvgIpc) is 2.24. The molecule has 0 spiro atoms. The summed E-state index contributed by atoms with van der Waals surface area (Å²) in [6.45, 7) is 3.64. The van der Waals surface area contributed by atoms with Gasteiger partial charge in [-0.3, -0.25) is 4.79 Å². The van der Waals surface area contributed by atoms with Crippen LogP contribution in [0.2, 0.25) is 0 Å². The molecule has 3 nitrogen and oxygen atoms in total. The van der Waals surface area contributed by atoms with E-state index in [0.717, 1.165) is 0 Å². The lowest BCUT2D eigenvalue weighted by molar-refractivity contribution is 0.0731. The van der Waals surface area contributed by atoms with E-state index in [1.165, 1.54) is 29.2 Å². The van der Waals surface area contributed by atoms with Gasteiger partial charge in [-0.15, -0.1) is 0 Å². The molecule has 0 saturated heterocycles. The zero-order valence-corrected chi connectivity index (χ0v) is 9.27. The van der Waals surface area contributed by atoms with Gasteiger partial charge in [-0.25, -0.2) is 4.39 Å². The van der Waals surface area contributed by atoms with Crippen LogP contribution in [-0.2, 0) is 0 Å². The van der Waals surface area contributed by atoms with Gasteiger partial charge >= 0.3 is 0 Å². The Kier molecular flexibility index (Phi) is 4.01. The van der Waals surface area contributed by atoms with Crippen molar-refractivity contribution in [3.63, 3.8) is 0 Å². The minimum Gasteiger partial charge on any atom is -0.323 e. The smallest absolute Gasteiger partial charge is 0.255 e. The van der Waals surface area contributed by atoms with Crippen LogP contribution >= 0.6 is 0 Å². The SMILES string of the molecule is CC(C)N(CC#N)C(=O)c1cccc(F)c1. The standard InChI is InChI=1S/C12H13FN2O/c1-9(2)15(7-6-14)12(16)10-4-3-5-11(13)8-10/h3-5,8-9H,7H2,1-2H3. The maximum Gasteiger partial charge on any atom is 0.255 e. The topological polar surface area (TPSA) is 44.1 Å². The molecule has 0 aliphatic heterocycles. The molecule has 0 atom stereocenters. The van der Waals surface area contributed by atoms with Gasteiger partial charge in [0.25, 0.3) is 5.91 Å². The van der Waals surface area contributed by atoms with Gasteiger partial charge < -0.3 is 4.90 Å². The van der Waals surface area contributed by atoms with Crippen molar-refractivity contribution in [3.05, 3.63) is 35.6 Å². The molecule has 84 valence electrons. The molecule has 0 aliphatic carbocycles. The zero-order valence-electron chi connectivity index (χ0n) is 9.27. The van der Waals surface area contributed by atoms with Gasteiger partial charge in [0.1, 0.15) is 12.4 Å². The number of carbonyl (C=O) groups is 1. The fraction of sp³-hybridized carbons (Fsp3) is 0.333. The third-order valence-corrected chi connectivity index (χ3v) is 2.20. The number of hydrogen-bond acceptors (Lipinski definition) is 2. The normalized spacial score (nSPS) is 9.94. The lowest BCUT2D eigenvalue weighted by atomic mass is 10.1. The molecule has 0 N–H and O–H groups in total. The van der Waals surface area contributed by atoms with Crippen LogP contribution < -0.4 is 0 Å². The minimum atomic E-state index is -0.452. The minimum absolute atomic E-state index is 0.00696. The number of hydrogen-bond donors (Lipinski definition) is 0. The predicted molar refractivity (Wildman–Crippen MR) is 58.2 cm³/mol. The van der Waals surface area contributed by atoms with Crippen molar-refractivity contribution in [1.82, 2.24) is 4.90 Å². The van der Waals surface area contributed by atoms with Crippen molar-refractivity contribution >= 4 is 5.91 Å². The second-order valence-corrected chi connectivity index (χ2v) is 3.70. The molecule has 1 aromatic carbocycles. The number of amides is 1. The number of rotatable bonds is 3. The molecule has 0 heterocycles. The molecule has 4 heteroatoms. The highest BCUT2D eigenvalue weighted by atomic mass is 19.1. The maximum atomic E-state index is 12.9. The molecule has 0 unspecified atom stereocenters. The van der Waals surface area contributed by atoms with E-state index < -0.39 is 5.82 Å². The van der Waals surface area contributed by atoms with Gasteiger partial charge in [0, 0.05) is 11.6 Å². The van der Waals surface area contributed by atoms with Crippen LogP contribution in [0, 0.1) is 17.1 Å². The van der Waals surface area contributed by atoms with Crippen molar-refractivity contribution in [1.29, 1.82) is 5.26 Å². The molecule has 0 radical (unpaired) electrons. The third kappa shape index (κ3) is 2.80. The van der Waals surface area contributed by atoms with E-state index in [0.29, 0.717) is 0 Å². The Morgan fingerprint density at radius 3 is 2.75 bits per heavy atom. The first-order chi connectivity index (χ1) is 7.56. The second kappa shape index (κ2) is 5.26. The van der Waals surface area contributed by atoms with Gasteiger partial charge in [-0.2, -0.15) is 5.26 Å².